The van der Waals surface area contributed by atoms with Gasteiger partial charge in [-0.25, -0.2) is 0 Å². The van der Waals surface area contributed by atoms with Gasteiger partial charge in [0.25, 0.3) is 0 Å². The summed E-state index contributed by atoms with van der Waals surface area (Å²) < 4.78 is 0. The van der Waals surface area contributed by atoms with Crippen molar-refractivity contribution in [2.45, 2.75) is 67.2 Å². The van der Waals surface area contributed by atoms with E-state index >= 15 is 0 Å². The highest BCUT2D eigenvalue weighted by Gasteiger charge is 2.38. The van der Waals surface area contributed by atoms with E-state index in [0.29, 0.717) is 10.8 Å². The van der Waals surface area contributed by atoms with E-state index in [-0.39, 0.29) is 5.41 Å². The van der Waals surface area contributed by atoms with Gasteiger partial charge in [-0.2, -0.15) is 0 Å². The van der Waals surface area contributed by atoms with Crippen LogP contribution in [-0.4, -0.2) is 0 Å². The lowest BCUT2D eigenvalue weighted by Crippen LogP contribution is -2.36. The SMILES string of the molecule is Cc1ccccc1C(C)(C)CC(C)(C)C(C)(C)C. The normalized spacial score (nSPS) is 13.8. The van der Waals surface area contributed by atoms with E-state index in [1.54, 1.807) is 0 Å². The molecule has 0 fully saturated rings. The molecule has 1 aromatic carbocycles. The number of rotatable bonds is 3. The fourth-order valence-corrected chi connectivity index (χ4v) is 2.80. The van der Waals surface area contributed by atoms with Crippen molar-refractivity contribution in [3.8, 4) is 0 Å². The van der Waals surface area contributed by atoms with Gasteiger partial charge in [0.1, 0.15) is 0 Å². The predicted molar refractivity (Wildman–Crippen MR) is 82.1 cm³/mol. The maximum atomic E-state index is 2.40. The zero-order valence-electron chi connectivity index (χ0n) is 13.5. The van der Waals surface area contributed by atoms with Crippen molar-refractivity contribution in [1.29, 1.82) is 0 Å². The van der Waals surface area contributed by atoms with Gasteiger partial charge < -0.3 is 0 Å². The van der Waals surface area contributed by atoms with E-state index in [0.717, 1.165) is 0 Å². The van der Waals surface area contributed by atoms with Crippen LogP contribution < -0.4 is 0 Å². The standard InChI is InChI=1S/C18H30/c1-14-11-9-10-12-15(14)17(5,6)13-18(7,8)16(2,3)4/h9-12H,13H2,1-8H3. The zero-order valence-corrected chi connectivity index (χ0v) is 13.5. The third-order valence-electron chi connectivity index (χ3n) is 4.79. The summed E-state index contributed by atoms with van der Waals surface area (Å²) in [6.07, 6.45) is 1.20. The lowest BCUT2D eigenvalue weighted by Gasteiger charge is -2.44. The second kappa shape index (κ2) is 4.72. The van der Waals surface area contributed by atoms with E-state index in [1.807, 2.05) is 0 Å². The summed E-state index contributed by atoms with van der Waals surface area (Å²) in [5, 5.41) is 0. The monoisotopic (exact) mass is 246 g/mol. The van der Waals surface area contributed by atoms with Crippen molar-refractivity contribution in [2.75, 3.05) is 0 Å². The fraction of sp³-hybridized carbons (Fsp3) is 0.667. The molecule has 0 spiro atoms. The Labute approximate surface area is 114 Å². The topological polar surface area (TPSA) is 0 Å². The molecule has 0 atom stereocenters. The van der Waals surface area contributed by atoms with Crippen molar-refractivity contribution in [3.05, 3.63) is 35.4 Å². The second-order valence-electron chi connectivity index (χ2n) is 8.01. The maximum Gasteiger partial charge on any atom is -0.00957 e. The molecule has 0 aliphatic carbocycles. The minimum absolute atomic E-state index is 0.224. The molecule has 0 unspecified atom stereocenters. The van der Waals surface area contributed by atoms with Crippen LogP contribution >= 0.6 is 0 Å². The van der Waals surface area contributed by atoms with Crippen LogP contribution in [0.15, 0.2) is 24.3 Å². The third kappa shape index (κ3) is 3.16. The smallest absolute Gasteiger partial charge is 0.00957 e. The first-order valence-corrected chi connectivity index (χ1v) is 7.03. The van der Waals surface area contributed by atoms with Gasteiger partial charge in [-0.3, -0.25) is 0 Å². The molecule has 0 bridgehead atoms. The van der Waals surface area contributed by atoms with Crippen LogP contribution in [-0.2, 0) is 5.41 Å². The number of aryl methyl sites for hydroxylation is 1. The molecule has 0 heteroatoms. The average molecular weight is 246 g/mol. The molecule has 0 N–H and O–H groups in total. The van der Waals surface area contributed by atoms with Crippen molar-refractivity contribution in [3.63, 3.8) is 0 Å². The minimum atomic E-state index is 0.224. The Hall–Kier alpha value is -0.780. The molecular formula is C18H30. The molecule has 102 valence electrons. The van der Waals surface area contributed by atoms with E-state index < -0.39 is 0 Å². The van der Waals surface area contributed by atoms with Crippen LogP contribution in [0.4, 0.5) is 0 Å². The maximum absolute atomic E-state index is 2.40. The quantitative estimate of drug-likeness (QED) is 0.638. The molecule has 0 radical (unpaired) electrons. The van der Waals surface area contributed by atoms with Gasteiger partial charge in [0.05, 0.1) is 0 Å². The highest BCUT2D eigenvalue weighted by Crippen LogP contribution is 2.47. The van der Waals surface area contributed by atoms with Gasteiger partial charge in [-0.15, -0.1) is 0 Å². The largest absolute Gasteiger partial charge is 0.0620 e. The lowest BCUT2D eigenvalue weighted by atomic mass is 9.60. The van der Waals surface area contributed by atoms with Crippen molar-refractivity contribution in [1.82, 2.24) is 0 Å². The molecular weight excluding hydrogens is 216 g/mol. The summed E-state index contributed by atoms with van der Waals surface area (Å²) in [6.45, 7) is 18.8. The molecule has 0 saturated heterocycles. The van der Waals surface area contributed by atoms with Gasteiger partial charge in [0.2, 0.25) is 0 Å². The summed E-state index contributed by atoms with van der Waals surface area (Å²) in [6, 6.07) is 8.80. The molecule has 18 heavy (non-hydrogen) atoms. The van der Waals surface area contributed by atoms with Crippen LogP contribution in [0.25, 0.3) is 0 Å². The molecule has 0 aromatic heterocycles. The van der Waals surface area contributed by atoms with E-state index in [1.165, 1.54) is 17.5 Å². The Balaban J connectivity index is 3.06. The zero-order chi connectivity index (χ0) is 14.2. The van der Waals surface area contributed by atoms with Gasteiger partial charge in [0.15, 0.2) is 0 Å². The average Bonchev–Trinajstić information content (AvgIpc) is 2.14. The van der Waals surface area contributed by atoms with Crippen LogP contribution in [0.3, 0.4) is 0 Å². The lowest BCUT2D eigenvalue weighted by molar-refractivity contribution is 0.0916. The summed E-state index contributed by atoms with van der Waals surface area (Å²) in [4.78, 5) is 0. The Morgan fingerprint density at radius 1 is 0.833 bits per heavy atom. The highest BCUT2D eigenvalue weighted by molar-refractivity contribution is 5.32. The number of hydrogen-bond acceptors (Lipinski definition) is 0. The third-order valence-corrected chi connectivity index (χ3v) is 4.79. The van der Waals surface area contributed by atoms with Crippen molar-refractivity contribution < 1.29 is 0 Å². The van der Waals surface area contributed by atoms with E-state index in [4.69, 9.17) is 0 Å². The molecule has 0 aliphatic rings. The molecule has 0 nitrogen and oxygen atoms in total. The predicted octanol–water partition coefficient (Wildman–Crippen LogP) is 5.74. The van der Waals surface area contributed by atoms with Crippen LogP contribution in [0, 0.1) is 17.8 Å². The van der Waals surface area contributed by atoms with Gasteiger partial charge in [-0.05, 0) is 40.7 Å². The molecule has 0 saturated carbocycles. The first-order valence-electron chi connectivity index (χ1n) is 7.03. The van der Waals surface area contributed by atoms with Crippen LogP contribution in [0.2, 0.25) is 0 Å². The Morgan fingerprint density at radius 3 is 1.78 bits per heavy atom. The number of hydrogen-bond donors (Lipinski definition) is 0. The van der Waals surface area contributed by atoms with Gasteiger partial charge >= 0.3 is 0 Å². The van der Waals surface area contributed by atoms with Gasteiger partial charge in [-0.1, -0.05) is 72.7 Å². The minimum Gasteiger partial charge on any atom is -0.0620 e. The summed E-state index contributed by atoms with van der Waals surface area (Å²) >= 11 is 0. The first kappa shape index (κ1) is 15.3. The first-order chi connectivity index (χ1) is 7.97. The number of benzene rings is 1. The van der Waals surface area contributed by atoms with Gasteiger partial charge in [0, 0.05) is 0 Å². The van der Waals surface area contributed by atoms with Crippen LogP contribution in [0.1, 0.15) is 66.0 Å². The Kier molecular flexibility index (Phi) is 4.00. The molecule has 1 rings (SSSR count). The summed E-state index contributed by atoms with van der Waals surface area (Å²) in [5.74, 6) is 0. The summed E-state index contributed by atoms with van der Waals surface area (Å²) in [7, 11) is 0. The molecule has 0 amide bonds. The molecule has 0 aliphatic heterocycles. The fourth-order valence-electron chi connectivity index (χ4n) is 2.80. The molecule has 1 aromatic rings. The Bertz CT molecular complexity index is 402. The molecule has 0 heterocycles. The second-order valence-corrected chi connectivity index (χ2v) is 8.01. The van der Waals surface area contributed by atoms with E-state index in [2.05, 4.69) is 79.7 Å². The summed E-state index contributed by atoms with van der Waals surface area (Å²) in [5.41, 5.74) is 3.77. The van der Waals surface area contributed by atoms with Crippen LogP contribution in [0.5, 0.6) is 0 Å². The Morgan fingerprint density at radius 2 is 1.33 bits per heavy atom. The van der Waals surface area contributed by atoms with Crippen molar-refractivity contribution in [2.24, 2.45) is 10.8 Å². The highest BCUT2D eigenvalue weighted by atomic mass is 14.4. The van der Waals surface area contributed by atoms with E-state index in [9.17, 15) is 0 Å². The van der Waals surface area contributed by atoms with Crippen molar-refractivity contribution >= 4 is 0 Å².